The van der Waals surface area contributed by atoms with E-state index in [0.717, 1.165) is 0 Å². The minimum absolute atomic E-state index is 0. The number of rotatable bonds is 1. The Bertz CT molecular complexity index is 117. The normalized spacial score (nSPS) is 12.7. The van der Waals surface area contributed by atoms with Gasteiger partial charge >= 0.3 is 29.6 Å². The molecule has 0 saturated heterocycles. The summed E-state index contributed by atoms with van der Waals surface area (Å²) in [6, 6.07) is 0. The van der Waals surface area contributed by atoms with Gasteiger partial charge in [0.2, 0.25) is 0 Å². The Morgan fingerprint density at radius 1 is 1.00 bits per heavy atom. The third kappa shape index (κ3) is 4.44. The molecule has 9 heavy (non-hydrogen) atoms. The predicted molar refractivity (Wildman–Crippen MR) is 29.8 cm³/mol. The van der Waals surface area contributed by atoms with Crippen molar-refractivity contribution in [3.63, 3.8) is 0 Å². The Kier molecular flexibility index (Phi) is 7.89. The molecule has 0 fully saturated rings. The fraction of sp³-hybridized carbons (Fsp3) is 0.500. The molecule has 0 spiro atoms. The van der Waals surface area contributed by atoms with Gasteiger partial charge < -0.3 is 10.4 Å². The number of oxime groups is 2. The van der Waals surface area contributed by atoms with E-state index in [0.29, 0.717) is 11.4 Å². The van der Waals surface area contributed by atoms with E-state index in [4.69, 9.17) is 10.4 Å². The zero-order valence-electron chi connectivity index (χ0n) is 5.79. The average molecular weight is 139 g/mol. The van der Waals surface area contributed by atoms with Crippen molar-refractivity contribution in [2.75, 3.05) is 0 Å². The third-order valence-corrected chi connectivity index (χ3v) is 0.824. The molecule has 0 aliphatic heterocycles. The Labute approximate surface area is 75.5 Å². The maximum atomic E-state index is 8.03. The molecule has 0 bridgehead atoms. The second-order valence-corrected chi connectivity index (χ2v) is 1.37. The molecule has 0 aromatic rings. The van der Waals surface area contributed by atoms with Gasteiger partial charge in [0.25, 0.3) is 0 Å². The van der Waals surface area contributed by atoms with Crippen LogP contribution in [0.5, 0.6) is 0 Å². The van der Waals surface area contributed by atoms with E-state index in [1.807, 2.05) is 0 Å². The third-order valence-electron chi connectivity index (χ3n) is 0.824. The van der Waals surface area contributed by atoms with Crippen molar-refractivity contribution in [3.05, 3.63) is 0 Å². The molecule has 4 nitrogen and oxygen atoms in total. The second-order valence-electron chi connectivity index (χ2n) is 1.37. The summed E-state index contributed by atoms with van der Waals surface area (Å²) in [5.74, 6) is 0. The van der Waals surface area contributed by atoms with Gasteiger partial charge in [-0.2, -0.15) is 0 Å². The molecule has 0 heterocycles. The Hall–Kier alpha value is -0.0600. The van der Waals surface area contributed by atoms with Crippen molar-refractivity contribution in [1.29, 1.82) is 0 Å². The van der Waals surface area contributed by atoms with Gasteiger partial charge in [-0.05, 0) is 13.8 Å². The molecular formula is C4H8N2NaO2+. The number of nitrogens with zero attached hydrogens (tertiary/aromatic N) is 2. The number of hydrogen-bond donors (Lipinski definition) is 2. The van der Waals surface area contributed by atoms with Crippen LogP contribution in [0.15, 0.2) is 10.3 Å². The largest absolute Gasteiger partial charge is 1.00 e. The van der Waals surface area contributed by atoms with E-state index in [1.165, 1.54) is 13.8 Å². The first-order chi connectivity index (χ1) is 3.72. The molecule has 0 atom stereocenters. The van der Waals surface area contributed by atoms with Crippen molar-refractivity contribution in [1.82, 2.24) is 0 Å². The molecule has 0 rings (SSSR count). The minimum atomic E-state index is 0. The molecule has 5 heteroatoms. The monoisotopic (exact) mass is 139 g/mol. The quantitative estimate of drug-likeness (QED) is 0.185. The Balaban J connectivity index is 0. The van der Waals surface area contributed by atoms with Gasteiger partial charge in [0.05, 0.1) is 0 Å². The predicted octanol–water partition coefficient (Wildman–Crippen LogP) is -2.31. The van der Waals surface area contributed by atoms with E-state index < -0.39 is 0 Å². The summed E-state index contributed by atoms with van der Waals surface area (Å²) < 4.78 is 0. The molecule has 0 aromatic heterocycles. The van der Waals surface area contributed by atoms with Gasteiger partial charge in [0.1, 0.15) is 11.4 Å². The fourth-order valence-corrected chi connectivity index (χ4v) is 0.145. The summed E-state index contributed by atoms with van der Waals surface area (Å²) in [7, 11) is 0. The minimum Gasteiger partial charge on any atom is -0.411 e. The van der Waals surface area contributed by atoms with Crippen LogP contribution in [0.2, 0.25) is 0 Å². The van der Waals surface area contributed by atoms with Crippen molar-refractivity contribution in [3.8, 4) is 0 Å². The summed E-state index contributed by atoms with van der Waals surface area (Å²) in [5, 5.41) is 21.6. The standard InChI is InChI=1S/C4H8N2O2.Na/c1-3(5-7)4(2)6-8;/h7-8H,1-2H3;/q;+1. The van der Waals surface area contributed by atoms with Crippen LogP contribution in [0, 0.1) is 0 Å². The number of hydrogen-bond acceptors (Lipinski definition) is 4. The van der Waals surface area contributed by atoms with E-state index >= 15 is 0 Å². The summed E-state index contributed by atoms with van der Waals surface area (Å²) in [5.41, 5.74) is 0.625. The molecule has 46 valence electrons. The van der Waals surface area contributed by atoms with Gasteiger partial charge in [-0.3, -0.25) is 0 Å². The van der Waals surface area contributed by atoms with Crippen LogP contribution in [0.4, 0.5) is 0 Å². The summed E-state index contributed by atoms with van der Waals surface area (Å²) in [6.07, 6.45) is 0. The maximum absolute atomic E-state index is 8.03. The molecule has 0 aliphatic carbocycles. The summed E-state index contributed by atoms with van der Waals surface area (Å²) in [6.45, 7) is 3.07. The fourth-order valence-electron chi connectivity index (χ4n) is 0.145. The van der Waals surface area contributed by atoms with Gasteiger partial charge in [-0.25, -0.2) is 0 Å². The van der Waals surface area contributed by atoms with Crippen molar-refractivity contribution >= 4 is 11.4 Å². The molecule has 2 N–H and O–H groups in total. The molecule has 0 radical (unpaired) electrons. The van der Waals surface area contributed by atoms with Gasteiger partial charge in [-0.15, -0.1) is 0 Å². The summed E-state index contributed by atoms with van der Waals surface area (Å²) in [4.78, 5) is 0. The molecule has 0 aliphatic rings. The smallest absolute Gasteiger partial charge is 0.411 e. The van der Waals surface area contributed by atoms with E-state index in [9.17, 15) is 0 Å². The average Bonchev–Trinajstić information content (AvgIpc) is 1.84. The first-order valence-corrected chi connectivity index (χ1v) is 2.10. The Morgan fingerprint density at radius 2 is 1.22 bits per heavy atom. The van der Waals surface area contributed by atoms with E-state index in [1.54, 1.807) is 0 Å². The zero-order chi connectivity index (χ0) is 6.57. The molecular weight excluding hydrogens is 131 g/mol. The van der Waals surface area contributed by atoms with Crippen LogP contribution in [0.1, 0.15) is 13.8 Å². The van der Waals surface area contributed by atoms with Gasteiger partial charge in [0.15, 0.2) is 0 Å². The second kappa shape index (κ2) is 6.07. The first-order valence-electron chi connectivity index (χ1n) is 2.10. The van der Waals surface area contributed by atoms with Crippen molar-refractivity contribution in [2.45, 2.75) is 13.8 Å². The van der Waals surface area contributed by atoms with E-state index in [-0.39, 0.29) is 29.6 Å². The SMILES string of the molecule is CC(=NO)C(C)=NO.[Na+]. The Morgan fingerprint density at radius 3 is 1.33 bits per heavy atom. The summed E-state index contributed by atoms with van der Waals surface area (Å²) >= 11 is 0. The van der Waals surface area contributed by atoms with E-state index in [2.05, 4.69) is 10.3 Å². The van der Waals surface area contributed by atoms with Crippen LogP contribution in [0.3, 0.4) is 0 Å². The van der Waals surface area contributed by atoms with Crippen molar-refractivity contribution in [2.24, 2.45) is 10.3 Å². The van der Waals surface area contributed by atoms with Crippen LogP contribution < -0.4 is 29.6 Å². The maximum Gasteiger partial charge on any atom is 1.00 e. The van der Waals surface area contributed by atoms with Crippen LogP contribution in [0.25, 0.3) is 0 Å². The van der Waals surface area contributed by atoms with Gasteiger partial charge in [0, 0.05) is 0 Å². The van der Waals surface area contributed by atoms with Crippen LogP contribution in [-0.2, 0) is 0 Å². The first kappa shape index (κ1) is 11.7. The molecule has 0 unspecified atom stereocenters. The molecule has 0 amide bonds. The van der Waals surface area contributed by atoms with Crippen LogP contribution >= 0.6 is 0 Å². The zero-order valence-corrected chi connectivity index (χ0v) is 7.79. The van der Waals surface area contributed by atoms with Crippen molar-refractivity contribution < 1.29 is 40.0 Å². The van der Waals surface area contributed by atoms with Crippen LogP contribution in [-0.4, -0.2) is 21.8 Å². The van der Waals surface area contributed by atoms with Gasteiger partial charge in [-0.1, -0.05) is 10.3 Å². The molecule has 0 aromatic carbocycles. The molecule has 0 saturated carbocycles. The topological polar surface area (TPSA) is 65.2 Å².